The van der Waals surface area contributed by atoms with Crippen LogP contribution < -0.4 is 0 Å². The average molecular weight is 437 g/mol. The Bertz CT molecular complexity index is 388. The molecule has 0 atom stereocenters. The second-order valence-electron chi connectivity index (χ2n) is 9.72. The van der Waals surface area contributed by atoms with Gasteiger partial charge in [-0.05, 0) is 25.3 Å². The van der Waals surface area contributed by atoms with Crippen molar-refractivity contribution in [3.05, 3.63) is 12.2 Å². The van der Waals surface area contributed by atoms with Gasteiger partial charge in [-0.3, -0.25) is 4.79 Å². The Morgan fingerprint density at radius 1 is 0.516 bits per heavy atom. The molecular formula is C29H56O2. The van der Waals surface area contributed by atoms with Gasteiger partial charge >= 0.3 is 0 Å². The van der Waals surface area contributed by atoms with Gasteiger partial charge < -0.3 is 4.74 Å². The van der Waals surface area contributed by atoms with Crippen LogP contribution in [0.1, 0.15) is 155 Å². The average Bonchev–Trinajstić information content (AvgIpc) is 2.76. The summed E-state index contributed by atoms with van der Waals surface area (Å²) in [7, 11) is 1.80. The van der Waals surface area contributed by atoms with Crippen LogP contribution in [0.25, 0.3) is 0 Å². The van der Waals surface area contributed by atoms with Gasteiger partial charge in [0.15, 0.2) is 5.78 Å². The minimum absolute atomic E-state index is 0.246. The maximum absolute atomic E-state index is 11.5. The molecule has 0 spiro atoms. The van der Waals surface area contributed by atoms with Crippen LogP contribution >= 0.6 is 0 Å². The second kappa shape index (κ2) is 25.6. The van der Waals surface area contributed by atoms with Gasteiger partial charge in [-0.1, -0.05) is 135 Å². The van der Waals surface area contributed by atoms with Crippen molar-refractivity contribution in [3.63, 3.8) is 0 Å². The van der Waals surface area contributed by atoms with E-state index >= 15 is 0 Å². The number of ether oxygens (including phenoxy) is 1. The summed E-state index contributed by atoms with van der Waals surface area (Å²) in [6, 6.07) is 0. The molecule has 2 nitrogen and oxygen atoms in total. The third-order valence-corrected chi connectivity index (χ3v) is 6.48. The molecule has 0 aromatic carbocycles. The first-order valence-corrected chi connectivity index (χ1v) is 13.9. The predicted molar refractivity (Wildman–Crippen MR) is 138 cm³/mol. The summed E-state index contributed by atoms with van der Waals surface area (Å²) in [4.78, 5) is 11.5. The van der Waals surface area contributed by atoms with E-state index in [1.807, 2.05) is 6.92 Å². The van der Waals surface area contributed by atoms with Crippen LogP contribution in [0.4, 0.5) is 0 Å². The lowest BCUT2D eigenvalue weighted by Gasteiger charge is -2.04. The molecule has 0 N–H and O–H groups in total. The van der Waals surface area contributed by atoms with E-state index in [4.69, 9.17) is 4.74 Å². The van der Waals surface area contributed by atoms with E-state index in [1.54, 1.807) is 7.11 Å². The van der Waals surface area contributed by atoms with E-state index in [-0.39, 0.29) is 5.78 Å². The molecule has 31 heavy (non-hydrogen) atoms. The van der Waals surface area contributed by atoms with E-state index in [9.17, 15) is 4.79 Å². The summed E-state index contributed by atoms with van der Waals surface area (Å²) in [5, 5.41) is 0. The van der Waals surface area contributed by atoms with Crippen molar-refractivity contribution in [1.29, 1.82) is 0 Å². The number of ketones is 1. The van der Waals surface area contributed by atoms with Gasteiger partial charge in [0, 0.05) is 20.1 Å². The Balaban J connectivity index is 3.05. The molecule has 184 valence electrons. The molecular weight excluding hydrogens is 380 g/mol. The highest BCUT2D eigenvalue weighted by Gasteiger charge is 2.01. The normalized spacial score (nSPS) is 11.2. The fourth-order valence-electron chi connectivity index (χ4n) is 4.28. The Hall–Kier alpha value is -0.630. The monoisotopic (exact) mass is 436 g/mol. The first-order chi connectivity index (χ1) is 15.2. The van der Waals surface area contributed by atoms with E-state index in [0.29, 0.717) is 12.0 Å². The molecule has 0 aliphatic rings. The van der Waals surface area contributed by atoms with Crippen molar-refractivity contribution in [1.82, 2.24) is 0 Å². The SMILES string of the molecule is C=C(C)C(=O)CCCCCCCCCCCCCCCCCCCCCCCCOC. The van der Waals surface area contributed by atoms with Crippen molar-refractivity contribution in [3.8, 4) is 0 Å². The number of hydrogen-bond donors (Lipinski definition) is 0. The molecule has 0 radical (unpaired) electrons. The summed E-state index contributed by atoms with van der Waals surface area (Å²) in [6.07, 6.45) is 31.1. The zero-order valence-corrected chi connectivity index (χ0v) is 21.5. The molecule has 0 aromatic rings. The fraction of sp³-hybridized carbons (Fsp3) is 0.897. The minimum atomic E-state index is 0.246. The summed E-state index contributed by atoms with van der Waals surface area (Å²) >= 11 is 0. The van der Waals surface area contributed by atoms with E-state index < -0.39 is 0 Å². The maximum atomic E-state index is 11.5. The number of carbonyl (C=O) groups is 1. The highest BCUT2D eigenvalue weighted by atomic mass is 16.5. The topological polar surface area (TPSA) is 26.3 Å². The molecule has 0 saturated heterocycles. The van der Waals surface area contributed by atoms with Gasteiger partial charge in [-0.15, -0.1) is 0 Å². The quantitative estimate of drug-likeness (QED) is 0.0995. The first kappa shape index (κ1) is 30.4. The molecule has 0 heterocycles. The third-order valence-electron chi connectivity index (χ3n) is 6.48. The molecule has 0 aliphatic heterocycles. The third kappa shape index (κ3) is 25.5. The molecule has 0 aromatic heterocycles. The molecule has 0 fully saturated rings. The van der Waals surface area contributed by atoms with E-state index in [2.05, 4.69) is 6.58 Å². The van der Waals surface area contributed by atoms with Gasteiger partial charge in [0.2, 0.25) is 0 Å². The lowest BCUT2D eigenvalue weighted by Crippen LogP contribution is -1.97. The highest BCUT2D eigenvalue weighted by molar-refractivity contribution is 5.93. The van der Waals surface area contributed by atoms with Crippen molar-refractivity contribution in [2.45, 2.75) is 155 Å². The Morgan fingerprint density at radius 3 is 1.03 bits per heavy atom. The summed E-state index contributed by atoms with van der Waals surface area (Å²) in [5.74, 6) is 0.246. The van der Waals surface area contributed by atoms with Crippen molar-refractivity contribution in [2.75, 3.05) is 13.7 Å². The van der Waals surface area contributed by atoms with Crippen molar-refractivity contribution < 1.29 is 9.53 Å². The van der Waals surface area contributed by atoms with Crippen LogP contribution in [-0.4, -0.2) is 19.5 Å². The molecule has 0 saturated carbocycles. The maximum Gasteiger partial charge on any atom is 0.157 e. The Labute approximate surface area is 196 Å². The molecule has 0 aliphatic carbocycles. The standard InChI is InChI=1S/C29H56O2/c1-28(2)29(30)26-24-22-20-18-16-14-12-10-8-6-4-5-7-9-11-13-15-17-19-21-23-25-27-31-3/h1,4-27H2,2-3H3. The van der Waals surface area contributed by atoms with E-state index in [0.717, 1.165) is 13.0 Å². The van der Waals surface area contributed by atoms with Crippen LogP contribution in [0, 0.1) is 0 Å². The lowest BCUT2D eigenvalue weighted by atomic mass is 10.0. The van der Waals surface area contributed by atoms with Crippen LogP contribution in [0.5, 0.6) is 0 Å². The number of methoxy groups -OCH3 is 1. The molecule has 0 unspecified atom stereocenters. The number of hydrogen-bond acceptors (Lipinski definition) is 2. The largest absolute Gasteiger partial charge is 0.385 e. The second-order valence-corrected chi connectivity index (χ2v) is 9.72. The predicted octanol–water partition coefficient (Wildman–Crippen LogP) is 9.75. The van der Waals surface area contributed by atoms with Gasteiger partial charge in [-0.25, -0.2) is 0 Å². The molecule has 0 rings (SSSR count). The van der Waals surface area contributed by atoms with Gasteiger partial charge in [-0.2, -0.15) is 0 Å². The summed E-state index contributed by atoms with van der Waals surface area (Å²) in [6.45, 7) is 6.47. The van der Waals surface area contributed by atoms with Gasteiger partial charge in [0.05, 0.1) is 0 Å². The first-order valence-electron chi connectivity index (χ1n) is 13.9. The molecule has 0 amide bonds. The zero-order valence-electron chi connectivity index (χ0n) is 21.5. The number of rotatable bonds is 26. The lowest BCUT2D eigenvalue weighted by molar-refractivity contribution is -0.115. The van der Waals surface area contributed by atoms with E-state index in [1.165, 1.54) is 135 Å². The van der Waals surface area contributed by atoms with Gasteiger partial charge in [0.25, 0.3) is 0 Å². The highest BCUT2D eigenvalue weighted by Crippen LogP contribution is 2.15. The van der Waals surface area contributed by atoms with Crippen LogP contribution in [-0.2, 0) is 9.53 Å². The molecule has 2 heteroatoms. The van der Waals surface area contributed by atoms with Crippen LogP contribution in [0.15, 0.2) is 12.2 Å². The number of unbranched alkanes of at least 4 members (excludes halogenated alkanes) is 21. The smallest absolute Gasteiger partial charge is 0.157 e. The van der Waals surface area contributed by atoms with Gasteiger partial charge in [0.1, 0.15) is 0 Å². The van der Waals surface area contributed by atoms with Crippen LogP contribution in [0.3, 0.4) is 0 Å². The number of Topliss-reactive ketones (excluding diaryl/α,β-unsaturated/α-hetero) is 1. The minimum Gasteiger partial charge on any atom is -0.385 e. The fourth-order valence-corrected chi connectivity index (χ4v) is 4.28. The summed E-state index contributed by atoms with van der Waals surface area (Å²) < 4.78 is 5.09. The van der Waals surface area contributed by atoms with Crippen LogP contribution in [0.2, 0.25) is 0 Å². The molecule has 0 bridgehead atoms. The Kier molecular flexibility index (Phi) is 25.1. The van der Waals surface area contributed by atoms with Crippen molar-refractivity contribution >= 4 is 5.78 Å². The summed E-state index contributed by atoms with van der Waals surface area (Å²) in [5.41, 5.74) is 0.714. The number of allylic oxidation sites excluding steroid dienone is 1. The Morgan fingerprint density at radius 2 is 0.774 bits per heavy atom. The number of carbonyl (C=O) groups excluding carboxylic acids is 1. The zero-order chi connectivity index (χ0) is 22.8. The van der Waals surface area contributed by atoms with Crippen molar-refractivity contribution in [2.24, 2.45) is 0 Å².